The molecule has 0 aliphatic heterocycles. The Morgan fingerprint density at radius 2 is 2.16 bits per heavy atom. The van der Waals surface area contributed by atoms with Gasteiger partial charge in [0.2, 0.25) is 0 Å². The number of nitrogens with one attached hydrogen (secondary N) is 1. The number of halogens is 1. The van der Waals surface area contributed by atoms with Gasteiger partial charge in [0.1, 0.15) is 17.7 Å². The van der Waals surface area contributed by atoms with Gasteiger partial charge in [0.15, 0.2) is 5.65 Å². The molecule has 136 valence electrons. The van der Waals surface area contributed by atoms with Crippen LogP contribution in [0.15, 0.2) is 18.6 Å². The number of amides is 1. The summed E-state index contributed by atoms with van der Waals surface area (Å²) in [6.07, 6.45) is 5.01. The number of anilines is 1. The Balaban J connectivity index is 1.62. The third kappa shape index (κ3) is 4.13. The van der Waals surface area contributed by atoms with E-state index in [1.54, 1.807) is 15.4 Å². The minimum absolute atomic E-state index is 0.147. The fraction of sp³-hybridized carbons (Fsp3) is 0.562. The van der Waals surface area contributed by atoms with Crippen LogP contribution >= 0.6 is 30.3 Å². The van der Waals surface area contributed by atoms with Crippen molar-refractivity contribution in [2.24, 2.45) is 0 Å². The fourth-order valence-corrected chi connectivity index (χ4v) is 4.19. The number of aromatic nitrogens is 3. The van der Waals surface area contributed by atoms with Gasteiger partial charge >= 0.3 is 6.09 Å². The van der Waals surface area contributed by atoms with Crippen LogP contribution in [0.1, 0.15) is 33.6 Å². The fourth-order valence-electron chi connectivity index (χ4n) is 2.92. The monoisotopic (exact) mass is 475 g/mol. The van der Waals surface area contributed by atoms with Gasteiger partial charge in [-0.1, -0.05) is 0 Å². The van der Waals surface area contributed by atoms with Crippen LogP contribution in [0, 0.1) is 0 Å². The number of carbonyl (C=O) groups excluding carboxylic acids is 1. The Morgan fingerprint density at radius 3 is 2.80 bits per heavy atom. The predicted octanol–water partition coefficient (Wildman–Crippen LogP) is 3.77. The van der Waals surface area contributed by atoms with Crippen molar-refractivity contribution < 1.29 is 9.53 Å². The van der Waals surface area contributed by atoms with Gasteiger partial charge in [0, 0.05) is 55.7 Å². The highest BCUT2D eigenvalue weighted by molar-refractivity contribution is 14.2. The van der Waals surface area contributed by atoms with E-state index in [-0.39, 0.29) is 12.1 Å². The van der Waals surface area contributed by atoms with E-state index >= 15 is 0 Å². The Kier molecular flexibility index (Phi) is 5.33. The lowest BCUT2D eigenvalue weighted by Crippen LogP contribution is -2.53. The van der Waals surface area contributed by atoms with Crippen LogP contribution in [0.4, 0.5) is 10.6 Å². The third-order valence-electron chi connectivity index (χ3n) is 4.22. The molecule has 2 aromatic rings. The zero-order chi connectivity index (χ0) is 18.2. The smallest absolute Gasteiger partial charge is 0.407 e. The standard InChI is InChI=1S/C16H22IN5O2S/c1-16(2,3)24-15(23)20-10-7-11(8-10)21(4)13-12-5-6-22(25-17)14(12)19-9-18-13/h5-6,9-11H,7-8H2,1-4H3,(H,20,23). The molecule has 0 bridgehead atoms. The number of hydrogen-bond acceptors (Lipinski definition) is 6. The zero-order valence-corrected chi connectivity index (χ0v) is 17.7. The molecule has 1 saturated carbocycles. The lowest BCUT2D eigenvalue weighted by molar-refractivity contribution is 0.0471. The van der Waals surface area contributed by atoms with Crippen LogP contribution < -0.4 is 10.2 Å². The maximum atomic E-state index is 11.8. The molecular formula is C16H22IN5O2S. The molecule has 0 saturated heterocycles. The summed E-state index contributed by atoms with van der Waals surface area (Å²) in [7, 11) is 3.63. The summed E-state index contributed by atoms with van der Waals surface area (Å²) in [4.78, 5) is 22.9. The van der Waals surface area contributed by atoms with E-state index in [1.807, 2.05) is 44.1 Å². The van der Waals surface area contributed by atoms with Crippen molar-refractivity contribution in [1.82, 2.24) is 19.3 Å². The average Bonchev–Trinajstić information content (AvgIpc) is 2.91. The molecule has 0 radical (unpaired) electrons. The van der Waals surface area contributed by atoms with Crippen molar-refractivity contribution in [1.29, 1.82) is 0 Å². The lowest BCUT2D eigenvalue weighted by atomic mass is 9.85. The minimum atomic E-state index is -0.472. The molecule has 2 aromatic heterocycles. The summed E-state index contributed by atoms with van der Waals surface area (Å²) in [6.45, 7) is 5.60. The van der Waals surface area contributed by atoms with Crippen molar-refractivity contribution in [2.75, 3.05) is 11.9 Å². The first kappa shape index (κ1) is 18.6. The molecule has 1 amide bonds. The maximum Gasteiger partial charge on any atom is 0.407 e. The Bertz CT molecular complexity index is 769. The third-order valence-corrected chi connectivity index (χ3v) is 5.93. The van der Waals surface area contributed by atoms with Crippen LogP contribution in [-0.2, 0) is 4.74 Å². The van der Waals surface area contributed by atoms with Crippen molar-refractivity contribution in [3.05, 3.63) is 18.6 Å². The molecule has 0 unspecified atom stereocenters. The first-order chi connectivity index (χ1) is 11.8. The number of ether oxygens (including phenoxy) is 1. The molecule has 7 nitrogen and oxygen atoms in total. The molecule has 0 spiro atoms. The van der Waals surface area contributed by atoms with E-state index in [0.29, 0.717) is 6.04 Å². The number of alkyl carbamates (subject to hydrolysis) is 1. The quantitative estimate of drug-likeness (QED) is 0.679. The normalized spacial score (nSPS) is 20.2. The van der Waals surface area contributed by atoms with E-state index in [0.717, 1.165) is 29.7 Å². The average molecular weight is 475 g/mol. The van der Waals surface area contributed by atoms with Gasteiger partial charge in [0.05, 0.1) is 5.39 Å². The topological polar surface area (TPSA) is 72.3 Å². The summed E-state index contributed by atoms with van der Waals surface area (Å²) in [5, 5.41) is 3.97. The molecular weight excluding hydrogens is 453 g/mol. The number of nitrogens with zero attached hydrogens (tertiary/aromatic N) is 4. The zero-order valence-electron chi connectivity index (χ0n) is 14.7. The van der Waals surface area contributed by atoms with E-state index in [4.69, 9.17) is 4.74 Å². The van der Waals surface area contributed by atoms with E-state index in [1.165, 1.54) is 0 Å². The molecule has 1 fully saturated rings. The SMILES string of the molecule is CN(c1ncnc2c1ccn2SI)C1CC(NC(=O)OC(C)(C)C)C1. The van der Waals surface area contributed by atoms with Gasteiger partial charge in [-0.2, -0.15) is 0 Å². The van der Waals surface area contributed by atoms with Crippen molar-refractivity contribution in [3.63, 3.8) is 0 Å². The van der Waals surface area contributed by atoms with Gasteiger partial charge in [-0.3, -0.25) is 3.97 Å². The van der Waals surface area contributed by atoms with Crippen molar-refractivity contribution >= 4 is 53.3 Å². The second kappa shape index (κ2) is 7.18. The van der Waals surface area contributed by atoms with Gasteiger partial charge < -0.3 is 15.0 Å². The second-order valence-electron chi connectivity index (χ2n) is 7.22. The number of hydrogen-bond donors (Lipinski definition) is 1. The lowest BCUT2D eigenvalue weighted by Gasteiger charge is -2.42. The minimum Gasteiger partial charge on any atom is -0.444 e. The predicted molar refractivity (Wildman–Crippen MR) is 109 cm³/mol. The number of carbonyl (C=O) groups is 1. The molecule has 25 heavy (non-hydrogen) atoms. The number of fused-ring (bicyclic) bond motifs is 1. The van der Waals surface area contributed by atoms with E-state index in [9.17, 15) is 4.79 Å². The maximum absolute atomic E-state index is 11.8. The van der Waals surface area contributed by atoms with Crippen LogP contribution in [0.3, 0.4) is 0 Å². The van der Waals surface area contributed by atoms with E-state index < -0.39 is 5.60 Å². The van der Waals surface area contributed by atoms with Gasteiger partial charge in [-0.25, -0.2) is 14.8 Å². The highest BCUT2D eigenvalue weighted by atomic mass is 127. The largest absolute Gasteiger partial charge is 0.444 e. The Morgan fingerprint density at radius 1 is 1.44 bits per heavy atom. The van der Waals surface area contributed by atoms with Crippen LogP contribution in [0.2, 0.25) is 0 Å². The summed E-state index contributed by atoms with van der Waals surface area (Å²) in [6, 6.07) is 2.53. The molecule has 0 atom stereocenters. The summed E-state index contributed by atoms with van der Waals surface area (Å²) in [5.41, 5.74) is 0.444. The molecule has 1 aliphatic rings. The number of rotatable bonds is 4. The summed E-state index contributed by atoms with van der Waals surface area (Å²) < 4.78 is 7.32. The molecule has 9 heteroatoms. The van der Waals surface area contributed by atoms with Crippen LogP contribution in [-0.4, -0.2) is 44.8 Å². The highest BCUT2D eigenvalue weighted by Crippen LogP contribution is 2.33. The van der Waals surface area contributed by atoms with Crippen LogP contribution in [0.5, 0.6) is 0 Å². The molecule has 3 rings (SSSR count). The Labute approximate surface area is 163 Å². The van der Waals surface area contributed by atoms with Crippen molar-refractivity contribution in [2.45, 2.75) is 51.3 Å². The van der Waals surface area contributed by atoms with E-state index in [2.05, 4.69) is 41.4 Å². The molecule has 2 heterocycles. The molecule has 1 N–H and O–H groups in total. The molecule has 0 aromatic carbocycles. The highest BCUT2D eigenvalue weighted by Gasteiger charge is 2.35. The first-order valence-electron chi connectivity index (χ1n) is 8.12. The first-order valence-corrected chi connectivity index (χ1v) is 11.4. The van der Waals surface area contributed by atoms with Gasteiger partial charge in [-0.05, 0) is 39.7 Å². The van der Waals surface area contributed by atoms with Crippen molar-refractivity contribution in [3.8, 4) is 0 Å². The summed E-state index contributed by atoms with van der Waals surface area (Å²) >= 11 is 2.24. The van der Waals surface area contributed by atoms with Crippen LogP contribution in [0.25, 0.3) is 11.0 Å². The molecule has 1 aliphatic carbocycles. The Hall–Kier alpha value is -1.23. The summed E-state index contributed by atoms with van der Waals surface area (Å²) in [5.74, 6) is 0.926. The second-order valence-corrected chi connectivity index (χ2v) is 8.94. The van der Waals surface area contributed by atoms with Gasteiger partial charge in [0.25, 0.3) is 0 Å². The van der Waals surface area contributed by atoms with Gasteiger partial charge in [-0.15, -0.1) is 0 Å².